The molecule has 0 saturated carbocycles. The molecule has 0 atom stereocenters. The van der Waals surface area contributed by atoms with E-state index in [0.29, 0.717) is 0 Å². The van der Waals surface area contributed by atoms with Crippen LogP contribution in [-0.2, 0) is 6.37 Å². The van der Waals surface area contributed by atoms with Gasteiger partial charge in [0, 0.05) is 9.29 Å². The molecule has 0 aliphatic heterocycles. The van der Waals surface area contributed by atoms with E-state index in [-0.39, 0.29) is 42.0 Å². The quantitative estimate of drug-likeness (QED) is 0.573. The van der Waals surface area contributed by atoms with Gasteiger partial charge in [-0.3, -0.25) is 4.99 Å². The van der Waals surface area contributed by atoms with Crippen molar-refractivity contribution in [3.05, 3.63) is 35.8 Å². The van der Waals surface area contributed by atoms with E-state index < -0.39 is 6.37 Å². The molecule has 0 amide bonds. The van der Waals surface area contributed by atoms with Gasteiger partial charge in [0.2, 0.25) is 5.96 Å². The second kappa shape index (κ2) is 5.80. The summed E-state index contributed by atoms with van der Waals surface area (Å²) in [4.78, 5) is 7.42. The van der Waals surface area contributed by atoms with Gasteiger partial charge in [0.25, 0.3) is 0 Å². The van der Waals surface area contributed by atoms with E-state index in [1.54, 1.807) is 0 Å². The van der Waals surface area contributed by atoms with Crippen LogP contribution in [0.5, 0.6) is 0 Å². The molecule has 1 aromatic rings. The van der Waals surface area contributed by atoms with Crippen molar-refractivity contribution in [1.29, 1.82) is 0 Å². The van der Waals surface area contributed by atoms with Crippen LogP contribution in [0.3, 0.4) is 0 Å². The lowest BCUT2D eigenvalue weighted by Crippen LogP contribution is -2.16. The Morgan fingerprint density at radius 1 is 1.47 bits per heavy atom. The molecule has 80 valence electrons. The predicted octanol–water partition coefficient (Wildman–Crippen LogP) is 0.921. The van der Waals surface area contributed by atoms with E-state index in [2.05, 4.69) is 9.98 Å². The van der Waals surface area contributed by atoms with Gasteiger partial charge in [0.15, 0.2) is 0 Å². The Balaban J connectivity index is 3.09. The maximum atomic E-state index is 7.92. The first kappa shape index (κ1) is 5.90. The van der Waals surface area contributed by atoms with Gasteiger partial charge in [-0.1, -0.05) is 30.3 Å². The molecule has 0 aliphatic rings. The van der Waals surface area contributed by atoms with Gasteiger partial charge in [0.1, 0.15) is 0 Å². The molecule has 0 radical (unpaired) electrons. The van der Waals surface area contributed by atoms with E-state index >= 15 is 0 Å². The second-order valence-electron chi connectivity index (χ2n) is 2.72. The highest BCUT2D eigenvalue weighted by atomic mass is 15.1. The molecule has 0 fully saturated rings. The molecule has 15 heavy (non-hydrogen) atoms. The summed E-state index contributed by atoms with van der Waals surface area (Å²) in [6.45, 7) is 1.14. The largest absolute Gasteiger partial charge is 0.387 e. The summed E-state index contributed by atoms with van der Waals surface area (Å²) in [5.74, 6) is 0.0387. The Hall–Kier alpha value is -1.84. The molecular formula is C11H16N4. The zero-order valence-corrected chi connectivity index (χ0v) is 8.41. The van der Waals surface area contributed by atoms with Crippen LogP contribution in [0.4, 0.5) is 0 Å². The fraction of sp³-hybridized carbons (Fsp3) is 0.273. The summed E-state index contributed by atoms with van der Waals surface area (Å²) >= 11 is 0. The lowest BCUT2D eigenvalue weighted by molar-refractivity contribution is 0.962. The molecular weight excluding hydrogens is 188 g/mol. The summed E-state index contributed by atoms with van der Waals surface area (Å²) in [6.07, 6.45) is -2.05. The SMILES string of the molecule is [2H]c1cc([2H])c(C([2H])([2H])CN=C(N)N=C(C)N)c([2H])c1. The number of benzene rings is 1. The molecule has 0 aliphatic carbocycles. The molecule has 4 N–H and O–H groups in total. The van der Waals surface area contributed by atoms with Gasteiger partial charge in [-0.05, 0) is 18.9 Å². The predicted molar refractivity (Wildman–Crippen MR) is 63.9 cm³/mol. The molecule has 0 unspecified atom stereocenters. The fourth-order valence-corrected chi connectivity index (χ4v) is 0.829. The van der Waals surface area contributed by atoms with Crippen LogP contribution in [-0.4, -0.2) is 18.3 Å². The number of hydrogen-bond donors (Lipinski definition) is 2. The van der Waals surface area contributed by atoms with Gasteiger partial charge in [-0.2, -0.15) is 0 Å². The van der Waals surface area contributed by atoms with Gasteiger partial charge < -0.3 is 11.5 Å². The maximum Gasteiger partial charge on any atom is 0.216 e. The third-order valence-electron chi connectivity index (χ3n) is 1.39. The summed E-state index contributed by atoms with van der Waals surface area (Å²) in [7, 11) is 0. The number of nitrogens with zero attached hydrogens (tertiary/aromatic N) is 2. The van der Waals surface area contributed by atoms with E-state index in [4.69, 9.17) is 18.3 Å². The van der Waals surface area contributed by atoms with Crippen molar-refractivity contribution >= 4 is 11.8 Å². The van der Waals surface area contributed by atoms with Crippen LogP contribution in [0, 0.1) is 0 Å². The summed E-state index contributed by atoms with van der Waals surface area (Å²) in [5.41, 5.74) is 10.6. The molecule has 0 spiro atoms. The molecule has 4 nitrogen and oxygen atoms in total. The van der Waals surface area contributed by atoms with Gasteiger partial charge in [-0.25, -0.2) is 4.99 Å². The Morgan fingerprint density at radius 2 is 2.13 bits per heavy atom. The van der Waals surface area contributed by atoms with Crippen LogP contribution < -0.4 is 11.5 Å². The summed E-state index contributed by atoms with van der Waals surface area (Å²) in [6, 6.07) is 1.94. The first-order valence-electron chi connectivity index (χ1n) is 6.82. The number of aliphatic imine (C=N–C) groups is 2. The fourth-order valence-electron chi connectivity index (χ4n) is 0.829. The van der Waals surface area contributed by atoms with E-state index in [1.165, 1.54) is 19.1 Å². The Bertz CT molecular complexity index is 541. The molecule has 4 heteroatoms. The monoisotopic (exact) mass is 209 g/mol. The van der Waals surface area contributed by atoms with Crippen molar-refractivity contribution in [1.82, 2.24) is 0 Å². The van der Waals surface area contributed by atoms with Crippen LogP contribution in [0.2, 0.25) is 0 Å². The third kappa shape index (κ3) is 4.81. The molecule has 0 aromatic heterocycles. The molecule has 0 bridgehead atoms. The number of amidine groups is 1. The van der Waals surface area contributed by atoms with E-state index in [1.807, 2.05) is 0 Å². The van der Waals surface area contributed by atoms with E-state index in [9.17, 15) is 0 Å². The first-order valence-corrected chi connectivity index (χ1v) is 4.32. The Kier molecular flexibility index (Phi) is 2.28. The number of nitrogens with two attached hydrogens (primary N) is 2. The lowest BCUT2D eigenvalue weighted by atomic mass is 10.2. The topological polar surface area (TPSA) is 76.8 Å². The average Bonchev–Trinajstić information content (AvgIpc) is 2.23. The first-order chi connectivity index (χ1) is 9.13. The van der Waals surface area contributed by atoms with Crippen molar-refractivity contribution < 1.29 is 6.85 Å². The van der Waals surface area contributed by atoms with Crippen molar-refractivity contribution in [2.75, 3.05) is 6.54 Å². The maximum absolute atomic E-state index is 7.92. The van der Waals surface area contributed by atoms with Crippen LogP contribution in [0.1, 0.15) is 19.3 Å². The molecule has 1 aromatic carbocycles. The number of hydrogen-bond acceptors (Lipinski definition) is 1. The minimum Gasteiger partial charge on any atom is -0.387 e. The van der Waals surface area contributed by atoms with Crippen molar-refractivity contribution in [2.45, 2.75) is 13.3 Å². The highest BCUT2D eigenvalue weighted by molar-refractivity contribution is 5.93. The number of rotatable bonds is 3. The highest BCUT2D eigenvalue weighted by Crippen LogP contribution is 1.99. The number of guanidine groups is 1. The lowest BCUT2D eigenvalue weighted by Gasteiger charge is -1.97. The standard InChI is InChI=1S/C11H16N4/c1-9(12)15-11(13)14-8-7-10-5-3-2-4-6-10/h2-6H,7-8H2,1H3,(H4,12,13,14,15)/i2D,5D,6D,7D2. The minimum absolute atomic E-state index is 0.00841. The highest BCUT2D eigenvalue weighted by Gasteiger charge is 1.91. The van der Waals surface area contributed by atoms with Crippen LogP contribution >= 0.6 is 0 Å². The smallest absolute Gasteiger partial charge is 0.216 e. The molecule has 0 heterocycles. The molecule has 0 saturated heterocycles. The summed E-state index contributed by atoms with van der Waals surface area (Å²) < 4.78 is 38.6. The third-order valence-corrected chi connectivity index (χ3v) is 1.39. The zero-order valence-electron chi connectivity index (χ0n) is 13.4. The van der Waals surface area contributed by atoms with E-state index in [0.717, 1.165) is 0 Å². The minimum atomic E-state index is -2.05. The van der Waals surface area contributed by atoms with Crippen LogP contribution in [0.25, 0.3) is 0 Å². The Labute approximate surface area is 96.8 Å². The van der Waals surface area contributed by atoms with Gasteiger partial charge in [-0.15, -0.1) is 0 Å². The van der Waals surface area contributed by atoms with Crippen molar-refractivity contribution in [3.63, 3.8) is 0 Å². The Morgan fingerprint density at radius 3 is 2.73 bits per heavy atom. The summed E-state index contributed by atoms with van der Waals surface area (Å²) in [5, 5.41) is 0. The molecule has 1 rings (SSSR count). The zero-order chi connectivity index (χ0) is 15.5. The second-order valence-corrected chi connectivity index (χ2v) is 2.72. The van der Waals surface area contributed by atoms with Crippen molar-refractivity contribution in [3.8, 4) is 0 Å². The van der Waals surface area contributed by atoms with Gasteiger partial charge >= 0.3 is 0 Å². The van der Waals surface area contributed by atoms with Gasteiger partial charge in [0.05, 0.1) is 9.95 Å². The average molecular weight is 209 g/mol. The normalized spacial score (nSPS) is 18.6. The van der Waals surface area contributed by atoms with Crippen LogP contribution in [0.15, 0.2) is 40.2 Å². The van der Waals surface area contributed by atoms with Crippen molar-refractivity contribution in [2.24, 2.45) is 21.5 Å².